The Morgan fingerprint density at radius 1 is 1.11 bits per heavy atom. The van der Waals surface area contributed by atoms with Gasteiger partial charge in [-0.25, -0.2) is 0 Å². The first-order valence-corrected chi connectivity index (χ1v) is 10.2. The highest BCUT2D eigenvalue weighted by Crippen LogP contribution is 2.32. The van der Waals surface area contributed by atoms with E-state index in [9.17, 15) is 4.79 Å². The van der Waals surface area contributed by atoms with Crippen LogP contribution < -0.4 is 14.8 Å². The molecule has 1 N–H and O–H groups in total. The number of nitrogens with one attached hydrogen (secondary N) is 1. The molecule has 3 rings (SSSR count). The summed E-state index contributed by atoms with van der Waals surface area (Å²) in [5.41, 5.74) is 1.44. The Bertz CT molecular complexity index is 947. The van der Waals surface area contributed by atoms with E-state index >= 15 is 0 Å². The van der Waals surface area contributed by atoms with Gasteiger partial charge in [0.2, 0.25) is 11.0 Å². The van der Waals surface area contributed by atoms with Gasteiger partial charge in [-0.3, -0.25) is 10.1 Å². The van der Waals surface area contributed by atoms with Crippen LogP contribution in [0.25, 0.3) is 11.3 Å². The number of methoxy groups -OCH3 is 2. The third-order valence-corrected chi connectivity index (χ3v) is 5.59. The highest BCUT2D eigenvalue weighted by molar-refractivity contribution is 7.99. The van der Waals surface area contributed by atoms with Crippen LogP contribution in [0, 0.1) is 0 Å². The fourth-order valence-electron chi connectivity index (χ4n) is 2.30. The van der Waals surface area contributed by atoms with E-state index in [1.807, 2.05) is 37.3 Å². The highest BCUT2D eigenvalue weighted by atomic mass is 32.2. The van der Waals surface area contributed by atoms with Crippen molar-refractivity contribution in [1.82, 2.24) is 20.4 Å². The predicted octanol–water partition coefficient (Wildman–Crippen LogP) is 3.31. The smallest absolute Gasteiger partial charge is 0.236 e. The number of nitrogens with zero attached hydrogens (tertiary/aromatic N) is 4. The topological polar surface area (TPSA) is 99.1 Å². The monoisotopic (exact) mass is 417 g/mol. The van der Waals surface area contributed by atoms with Crippen molar-refractivity contribution < 1.29 is 14.3 Å². The van der Waals surface area contributed by atoms with Gasteiger partial charge in [-0.1, -0.05) is 30.0 Å². The molecular weight excluding hydrogens is 398 g/mol. The lowest BCUT2D eigenvalue weighted by molar-refractivity contribution is -0.113. The predicted molar refractivity (Wildman–Crippen MR) is 109 cm³/mol. The number of hydrogen-bond acceptors (Lipinski definition) is 9. The number of rotatable bonds is 8. The largest absolute Gasteiger partial charge is 0.497 e. The van der Waals surface area contributed by atoms with E-state index in [0.29, 0.717) is 27.4 Å². The van der Waals surface area contributed by atoms with Crippen molar-refractivity contribution in [2.75, 3.05) is 25.3 Å². The summed E-state index contributed by atoms with van der Waals surface area (Å²) >= 11 is 2.67. The number of carbonyl (C=O) groups excluding carboxylic acids is 1. The highest BCUT2D eigenvalue weighted by Gasteiger charge is 2.12. The van der Waals surface area contributed by atoms with Crippen LogP contribution in [0.15, 0.2) is 35.4 Å². The Morgan fingerprint density at radius 3 is 2.61 bits per heavy atom. The Hall–Kier alpha value is -2.72. The average molecular weight is 418 g/mol. The van der Waals surface area contributed by atoms with Gasteiger partial charge in [0.05, 0.1) is 25.7 Å². The molecule has 146 valence electrons. The maximum Gasteiger partial charge on any atom is 0.236 e. The fourth-order valence-corrected chi connectivity index (χ4v) is 3.61. The molecule has 0 aliphatic rings. The van der Waals surface area contributed by atoms with E-state index in [0.717, 1.165) is 17.0 Å². The van der Waals surface area contributed by atoms with Crippen LogP contribution in [0.2, 0.25) is 0 Å². The zero-order valence-electron chi connectivity index (χ0n) is 15.6. The zero-order valence-corrected chi connectivity index (χ0v) is 17.3. The summed E-state index contributed by atoms with van der Waals surface area (Å²) in [6.07, 6.45) is 0.794. The van der Waals surface area contributed by atoms with Gasteiger partial charge in [-0.2, -0.15) is 0 Å². The van der Waals surface area contributed by atoms with Crippen molar-refractivity contribution in [1.29, 1.82) is 0 Å². The van der Waals surface area contributed by atoms with Crippen LogP contribution in [-0.2, 0) is 11.2 Å². The number of aromatic nitrogens is 4. The number of amides is 1. The summed E-state index contributed by atoms with van der Waals surface area (Å²) in [5, 5.41) is 21.1. The van der Waals surface area contributed by atoms with E-state index in [1.165, 1.54) is 23.1 Å². The van der Waals surface area contributed by atoms with Crippen LogP contribution >= 0.6 is 23.1 Å². The molecule has 1 amide bonds. The second kappa shape index (κ2) is 9.47. The molecule has 1 aromatic carbocycles. The first kappa shape index (κ1) is 20.0. The molecule has 0 saturated carbocycles. The van der Waals surface area contributed by atoms with Crippen molar-refractivity contribution in [3.63, 3.8) is 0 Å². The lowest BCUT2D eigenvalue weighted by atomic mass is 10.1. The Labute approximate surface area is 170 Å². The maximum absolute atomic E-state index is 12.1. The number of aryl methyl sites for hydroxylation is 1. The van der Waals surface area contributed by atoms with Crippen LogP contribution in [0.3, 0.4) is 0 Å². The first-order valence-electron chi connectivity index (χ1n) is 8.44. The van der Waals surface area contributed by atoms with E-state index in [4.69, 9.17) is 9.47 Å². The van der Waals surface area contributed by atoms with Crippen molar-refractivity contribution in [2.45, 2.75) is 18.4 Å². The van der Waals surface area contributed by atoms with Crippen molar-refractivity contribution >= 4 is 34.1 Å². The lowest BCUT2D eigenvalue weighted by Gasteiger charge is -2.09. The van der Waals surface area contributed by atoms with Gasteiger partial charge in [0, 0.05) is 5.56 Å². The Kier molecular flexibility index (Phi) is 6.77. The van der Waals surface area contributed by atoms with Crippen molar-refractivity contribution in [3.8, 4) is 22.8 Å². The van der Waals surface area contributed by atoms with Gasteiger partial charge in [0.15, 0.2) is 0 Å². The average Bonchev–Trinajstić information content (AvgIpc) is 3.19. The molecule has 8 nitrogen and oxygen atoms in total. The zero-order chi connectivity index (χ0) is 19.9. The summed E-state index contributed by atoms with van der Waals surface area (Å²) in [5.74, 6) is 1.43. The van der Waals surface area contributed by atoms with Crippen LogP contribution in [0.1, 0.15) is 11.9 Å². The number of carbonyl (C=O) groups is 1. The normalized spacial score (nSPS) is 10.5. The first-order chi connectivity index (χ1) is 13.6. The quantitative estimate of drug-likeness (QED) is 0.557. The Morgan fingerprint density at radius 2 is 1.96 bits per heavy atom. The minimum Gasteiger partial charge on any atom is -0.497 e. The maximum atomic E-state index is 12.1. The number of hydrogen-bond donors (Lipinski definition) is 1. The summed E-state index contributed by atoms with van der Waals surface area (Å²) in [7, 11) is 3.20. The summed E-state index contributed by atoms with van der Waals surface area (Å²) in [6, 6.07) is 9.14. The number of thioether (sulfide) groups is 1. The summed E-state index contributed by atoms with van der Waals surface area (Å²) < 4.78 is 10.6. The SMILES string of the molecule is CCc1nnc(NC(=O)CSc2ccc(-c3cc(OC)ccc3OC)nn2)s1. The number of benzene rings is 1. The van der Waals surface area contributed by atoms with Crippen LogP contribution in [0.5, 0.6) is 11.5 Å². The standard InChI is InChI=1S/C18H19N5O3S2/c1-4-16-21-23-18(28-16)19-15(24)10-27-17-8-6-13(20-22-17)12-9-11(25-2)5-7-14(12)26-3/h5-9H,4,10H2,1-3H3,(H,19,23,24). The molecule has 0 saturated heterocycles. The summed E-state index contributed by atoms with van der Waals surface area (Å²) in [4.78, 5) is 12.1. The third-order valence-electron chi connectivity index (χ3n) is 3.69. The fraction of sp³-hybridized carbons (Fsp3) is 0.278. The minimum atomic E-state index is -0.163. The molecule has 0 radical (unpaired) electrons. The van der Waals surface area contributed by atoms with Crippen LogP contribution in [0.4, 0.5) is 5.13 Å². The molecular formula is C18H19N5O3S2. The molecule has 0 aliphatic carbocycles. The van der Waals surface area contributed by atoms with Gasteiger partial charge in [0.1, 0.15) is 21.5 Å². The third kappa shape index (κ3) is 4.96. The second-order valence-corrected chi connectivity index (χ2v) is 7.57. The molecule has 0 spiro atoms. The van der Waals surface area contributed by atoms with Crippen molar-refractivity contribution in [3.05, 3.63) is 35.3 Å². The molecule has 0 unspecified atom stereocenters. The van der Waals surface area contributed by atoms with Gasteiger partial charge in [0.25, 0.3) is 0 Å². The van der Waals surface area contributed by atoms with Gasteiger partial charge < -0.3 is 9.47 Å². The molecule has 10 heteroatoms. The minimum absolute atomic E-state index is 0.163. The molecule has 0 atom stereocenters. The van der Waals surface area contributed by atoms with E-state index < -0.39 is 0 Å². The number of ether oxygens (including phenoxy) is 2. The van der Waals surface area contributed by atoms with Crippen LogP contribution in [-0.4, -0.2) is 46.3 Å². The molecule has 28 heavy (non-hydrogen) atoms. The van der Waals surface area contributed by atoms with E-state index in [-0.39, 0.29) is 11.7 Å². The van der Waals surface area contributed by atoms with Gasteiger partial charge in [-0.15, -0.1) is 20.4 Å². The lowest BCUT2D eigenvalue weighted by Crippen LogP contribution is -2.14. The van der Waals surface area contributed by atoms with E-state index in [2.05, 4.69) is 25.7 Å². The molecule has 0 bridgehead atoms. The number of anilines is 1. The molecule has 3 aromatic rings. The van der Waals surface area contributed by atoms with Crippen molar-refractivity contribution in [2.24, 2.45) is 0 Å². The molecule has 0 fully saturated rings. The van der Waals surface area contributed by atoms with Gasteiger partial charge in [-0.05, 0) is 36.8 Å². The molecule has 0 aliphatic heterocycles. The van der Waals surface area contributed by atoms with Gasteiger partial charge >= 0.3 is 0 Å². The second-order valence-electron chi connectivity index (χ2n) is 5.51. The Balaban J connectivity index is 1.62. The summed E-state index contributed by atoms with van der Waals surface area (Å²) in [6.45, 7) is 1.99. The molecule has 2 aromatic heterocycles. The molecule has 2 heterocycles. The van der Waals surface area contributed by atoms with E-state index in [1.54, 1.807) is 14.2 Å².